The number of amides is 1. The zero-order chi connectivity index (χ0) is 16.8. The number of carbonyl (C=O) groups is 1. The maximum atomic E-state index is 12.2. The fourth-order valence-corrected chi connectivity index (χ4v) is 3.32. The van der Waals surface area contributed by atoms with E-state index in [2.05, 4.69) is 17.2 Å². The quantitative estimate of drug-likeness (QED) is 0.836. The van der Waals surface area contributed by atoms with Crippen LogP contribution in [0.1, 0.15) is 40.0 Å². The van der Waals surface area contributed by atoms with E-state index in [1.165, 1.54) is 4.88 Å². The molecule has 128 valence electrons. The first-order valence-corrected chi connectivity index (χ1v) is 9.12. The number of benzene rings is 1. The van der Waals surface area contributed by atoms with Crippen LogP contribution in [0.15, 0.2) is 30.5 Å². The summed E-state index contributed by atoms with van der Waals surface area (Å²) in [7, 11) is 0. The number of nitrogens with zero attached hydrogens (tertiary/aromatic N) is 1. The van der Waals surface area contributed by atoms with E-state index >= 15 is 0 Å². The van der Waals surface area contributed by atoms with Gasteiger partial charge in [-0.05, 0) is 43.5 Å². The van der Waals surface area contributed by atoms with Crippen LogP contribution in [0, 0.1) is 0 Å². The molecule has 1 aromatic carbocycles. The van der Waals surface area contributed by atoms with Crippen LogP contribution < -0.4 is 10.1 Å². The van der Waals surface area contributed by atoms with Crippen molar-refractivity contribution in [1.82, 2.24) is 10.3 Å². The summed E-state index contributed by atoms with van der Waals surface area (Å²) in [5.41, 5.74) is 0.617. The fraction of sp³-hybridized carbons (Fsp3) is 0.444. The number of hydrogen-bond donors (Lipinski definition) is 1. The van der Waals surface area contributed by atoms with E-state index in [9.17, 15) is 4.79 Å². The van der Waals surface area contributed by atoms with Crippen LogP contribution in [0.25, 0.3) is 0 Å². The lowest BCUT2D eigenvalue weighted by molar-refractivity contribution is 0.0679. The molecule has 0 radical (unpaired) electrons. The van der Waals surface area contributed by atoms with E-state index in [4.69, 9.17) is 9.47 Å². The molecule has 0 aliphatic carbocycles. The number of hydrogen-bond acceptors (Lipinski definition) is 5. The molecule has 2 aromatic rings. The zero-order valence-corrected chi connectivity index (χ0v) is 14.6. The van der Waals surface area contributed by atoms with Crippen molar-refractivity contribution < 1.29 is 14.3 Å². The molecule has 1 amide bonds. The van der Waals surface area contributed by atoms with Gasteiger partial charge in [-0.3, -0.25) is 4.79 Å². The topological polar surface area (TPSA) is 60.5 Å². The van der Waals surface area contributed by atoms with Crippen LogP contribution >= 0.6 is 11.3 Å². The zero-order valence-electron chi connectivity index (χ0n) is 13.8. The summed E-state index contributed by atoms with van der Waals surface area (Å²) >= 11 is 1.63. The van der Waals surface area contributed by atoms with Gasteiger partial charge in [-0.25, -0.2) is 4.98 Å². The minimum atomic E-state index is -0.103. The fourth-order valence-electron chi connectivity index (χ4n) is 2.52. The molecule has 3 rings (SSSR count). The predicted molar refractivity (Wildman–Crippen MR) is 93.6 cm³/mol. The molecule has 1 aliphatic heterocycles. The summed E-state index contributed by atoms with van der Waals surface area (Å²) in [6.45, 7) is 3.94. The number of ether oxygens (including phenoxy) is 2. The molecule has 1 aliphatic rings. The summed E-state index contributed by atoms with van der Waals surface area (Å²) in [4.78, 5) is 17.7. The average molecular weight is 346 g/mol. The second-order valence-electron chi connectivity index (χ2n) is 5.73. The van der Waals surface area contributed by atoms with Crippen LogP contribution in [0.5, 0.6) is 5.75 Å². The third-order valence-corrected chi connectivity index (χ3v) is 5.07. The van der Waals surface area contributed by atoms with Gasteiger partial charge >= 0.3 is 0 Å². The third-order valence-electron chi connectivity index (χ3n) is 3.93. The third kappa shape index (κ3) is 4.55. The molecule has 0 bridgehead atoms. The van der Waals surface area contributed by atoms with E-state index in [1.54, 1.807) is 23.5 Å². The smallest absolute Gasteiger partial charge is 0.251 e. The highest BCUT2D eigenvalue weighted by molar-refractivity contribution is 7.11. The number of nitrogens with one attached hydrogen (secondary N) is 1. The minimum absolute atomic E-state index is 0.103. The number of aromatic nitrogens is 1. The molecule has 5 nitrogen and oxygen atoms in total. The highest BCUT2D eigenvalue weighted by Gasteiger charge is 2.16. The van der Waals surface area contributed by atoms with Crippen molar-refractivity contribution in [3.05, 3.63) is 45.9 Å². The average Bonchev–Trinajstić information content (AvgIpc) is 3.29. The minimum Gasteiger partial charge on any atom is -0.491 e. The van der Waals surface area contributed by atoms with Crippen molar-refractivity contribution >= 4 is 17.2 Å². The molecule has 0 spiro atoms. The van der Waals surface area contributed by atoms with Crippen LogP contribution in [0.3, 0.4) is 0 Å². The number of thiazole rings is 1. The van der Waals surface area contributed by atoms with Crippen molar-refractivity contribution in [2.75, 3.05) is 13.2 Å². The SMILES string of the molecule is CCc1cnc(CNC(=O)c2ccc(OCC3CCCO3)cc2)s1. The first-order chi connectivity index (χ1) is 11.7. The summed E-state index contributed by atoms with van der Waals surface area (Å²) < 4.78 is 11.2. The Hall–Kier alpha value is -1.92. The largest absolute Gasteiger partial charge is 0.491 e. The van der Waals surface area contributed by atoms with Crippen molar-refractivity contribution in [3.63, 3.8) is 0 Å². The van der Waals surface area contributed by atoms with Crippen LogP contribution in [-0.4, -0.2) is 30.2 Å². The Balaban J connectivity index is 1.47. The van der Waals surface area contributed by atoms with Crippen molar-refractivity contribution in [1.29, 1.82) is 0 Å². The summed E-state index contributed by atoms with van der Waals surface area (Å²) in [6, 6.07) is 7.20. The molecule has 6 heteroatoms. The molecule has 1 aromatic heterocycles. The molecule has 1 N–H and O–H groups in total. The maximum absolute atomic E-state index is 12.2. The molecule has 0 saturated carbocycles. The van der Waals surface area contributed by atoms with E-state index in [0.717, 1.165) is 36.6 Å². The van der Waals surface area contributed by atoms with Gasteiger partial charge in [-0.15, -0.1) is 11.3 Å². The maximum Gasteiger partial charge on any atom is 0.251 e. The van der Waals surface area contributed by atoms with Crippen LogP contribution in [-0.2, 0) is 17.7 Å². The van der Waals surface area contributed by atoms with Gasteiger partial charge in [0, 0.05) is 23.2 Å². The first kappa shape index (κ1) is 16.9. The Labute approximate surface area is 146 Å². The Morgan fingerprint density at radius 1 is 1.42 bits per heavy atom. The Morgan fingerprint density at radius 3 is 2.92 bits per heavy atom. The summed E-state index contributed by atoms with van der Waals surface area (Å²) in [5.74, 6) is 0.656. The number of carbonyl (C=O) groups excluding carboxylic acids is 1. The lowest BCUT2D eigenvalue weighted by Crippen LogP contribution is -2.22. The van der Waals surface area contributed by atoms with E-state index in [1.807, 2.05) is 18.3 Å². The number of rotatable bonds is 7. The highest BCUT2D eigenvalue weighted by atomic mass is 32.1. The molecule has 24 heavy (non-hydrogen) atoms. The van der Waals surface area contributed by atoms with E-state index < -0.39 is 0 Å². The summed E-state index contributed by atoms with van der Waals surface area (Å²) in [6.07, 6.45) is 5.19. The molecule has 1 atom stereocenters. The van der Waals surface area contributed by atoms with Gasteiger partial charge in [-0.2, -0.15) is 0 Å². The second-order valence-corrected chi connectivity index (χ2v) is 6.93. The molecule has 1 fully saturated rings. The van der Waals surface area contributed by atoms with Gasteiger partial charge in [0.15, 0.2) is 0 Å². The predicted octanol–water partition coefficient (Wildman–Crippen LogP) is 3.19. The van der Waals surface area contributed by atoms with Gasteiger partial charge in [0.05, 0.1) is 12.6 Å². The first-order valence-electron chi connectivity index (χ1n) is 8.31. The highest BCUT2D eigenvalue weighted by Crippen LogP contribution is 2.17. The van der Waals surface area contributed by atoms with Crippen molar-refractivity contribution in [2.45, 2.75) is 38.8 Å². The molecule has 1 unspecified atom stereocenters. The van der Waals surface area contributed by atoms with Crippen molar-refractivity contribution in [2.24, 2.45) is 0 Å². The van der Waals surface area contributed by atoms with Gasteiger partial charge in [0.1, 0.15) is 17.4 Å². The normalized spacial score (nSPS) is 17.0. The Bertz CT molecular complexity index is 663. The Kier molecular flexibility index (Phi) is 5.82. The van der Waals surface area contributed by atoms with E-state index in [-0.39, 0.29) is 12.0 Å². The van der Waals surface area contributed by atoms with Gasteiger partial charge < -0.3 is 14.8 Å². The number of aryl methyl sites for hydroxylation is 1. The molecular weight excluding hydrogens is 324 g/mol. The molecular formula is C18H22N2O3S. The second kappa shape index (κ2) is 8.26. The van der Waals surface area contributed by atoms with Crippen molar-refractivity contribution in [3.8, 4) is 5.75 Å². The monoisotopic (exact) mass is 346 g/mol. The van der Waals surface area contributed by atoms with Gasteiger partial charge in [0.2, 0.25) is 0 Å². The standard InChI is InChI=1S/C18H22N2O3S/c1-2-16-10-19-17(24-16)11-20-18(21)13-5-7-14(8-6-13)23-12-15-4-3-9-22-15/h5-8,10,15H,2-4,9,11-12H2,1H3,(H,20,21). The Morgan fingerprint density at radius 2 is 2.25 bits per heavy atom. The van der Waals surface area contributed by atoms with E-state index in [0.29, 0.717) is 18.7 Å². The lowest BCUT2D eigenvalue weighted by atomic mass is 10.2. The van der Waals surface area contributed by atoms with Gasteiger partial charge in [0.25, 0.3) is 5.91 Å². The summed E-state index contributed by atoms with van der Waals surface area (Å²) in [5, 5.41) is 3.82. The van der Waals surface area contributed by atoms with Crippen LogP contribution in [0.2, 0.25) is 0 Å². The van der Waals surface area contributed by atoms with Gasteiger partial charge in [-0.1, -0.05) is 6.92 Å². The lowest BCUT2D eigenvalue weighted by Gasteiger charge is -2.11. The molecule has 2 heterocycles. The van der Waals surface area contributed by atoms with Crippen LogP contribution in [0.4, 0.5) is 0 Å². The molecule has 1 saturated heterocycles.